The summed E-state index contributed by atoms with van der Waals surface area (Å²) < 4.78 is 17.6. The topological polar surface area (TPSA) is 175 Å². The maximum absolute atomic E-state index is 13.4. The number of unbranched alkanes of at least 4 members (excludes halogenated alkanes) is 24. The molecule has 1 aliphatic heterocycles. The molecule has 0 aromatic heterocycles. The Morgan fingerprint density at radius 1 is 0.548 bits per heavy atom. The SMILES string of the molecule is CC\C=C/C=C/C=C/C=C\C=C\C=C\CCCCC(O)C(=O)NC(COC1OC(CO)C(O)C(O)C1OC(=O)CCCCCCCCC/C=C\CCCCCC)C(O)/C=C/CCCCCCCCCCCCC. The standard InChI is InChI=1S/C62H105NO10/c1-4-7-10-13-16-19-22-25-27-29-31-34-37-40-43-46-49-55(66)61(70)63-53(54(65)48-45-42-39-36-33-30-24-21-18-15-12-9-6-3)52-71-62-60(59(69)58(68)56(51-64)72-62)73-57(67)50-47-44-41-38-35-32-28-26-23-20-17-14-11-8-5-2/h7,10,13,16,19-20,22-23,25,27,29,31,34,37,45,48,53-56,58-60,62,64-66,68-69H,4-6,8-9,11-12,14-15,17-18,21,24,26,28,30,32-33,35-36,38-44,46-47,49-52H2,1-3H3,(H,63,70)/b10-7-,16-13+,22-19+,23-20-,27-25-,31-29+,37-34+,48-45+. The summed E-state index contributed by atoms with van der Waals surface area (Å²) in [5, 5.41) is 56.8. The first kappa shape index (κ1) is 67.6. The van der Waals surface area contributed by atoms with E-state index in [2.05, 4.69) is 44.3 Å². The van der Waals surface area contributed by atoms with Gasteiger partial charge in [-0.05, 0) is 70.6 Å². The molecule has 0 bridgehead atoms. The Hall–Kier alpha value is -3.42. The van der Waals surface area contributed by atoms with Crippen LogP contribution in [0.1, 0.15) is 220 Å². The Morgan fingerprint density at radius 3 is 1.53 bits per heavy atom. The first-order valence-corrected chi connectivity index (χ1v) is 29.1. The predicted octanol–water partition coefficient (Wildman–Crippen LogP) is 13.2. The van der Waals surface area contributed by atoms with Crippen LogP contribution in [0.3, 0.4) is 0 Å². The van der Waals surface area contributed by atoms with Crippen LogP contribution < -0.4 is 5.32 Å². The van der Waals surface area contributed by atoms with Crippen molar-refractivity contribution in [2.24, 2.45) is 0 Å². The minimum atomic E-state index is -1.63. The quantitative estimate of drug-likeness (QED) is 0.0149. The molecule has 1 saturated heterocycles. The number of aliphatic hydroxyl groups is 5. The van der Waals surface area contributed by atoms with E-state index in [0.717, 1.165) is 77.0 Å². The molecular formula is C62H105NO10. The molecule has 0 spiro atoms. The van der Waals surface area contributed by atoms with E-state index in [4.69, 9.17) is 14.2 Å². The molecule has 0 aromatic carbocycles. The molecule has 11 nitrogen and oxygen atoms in total. The van der Waals surface area contributed by atoms with Gasteiger partial charge in [0.2, 0.25) is 5.91 Å². The molecule has 0 aromatic rings. The first-order valence-electron chi connectivity index (χ1n) is 29.1. The molecule has 1 aliphatic rings. The number of carbonyl (C=O) groups excluding carboxylic acids is 2. The number of rotatable bonds is 47. The van der Waals surface area contributed by atoms with Crippen LogP contribution in [0.5, 0.6) is 0 Å². The van der Waals surface area contributed by atoms with Gasteiger partial charge in [0.25, 0.3) is 0 Å². The Bertz CT molecular complexity index is 1550. The molecule has 418 valence electrons. The summed E-state index contributed by atoms with van der Waals surface area (Å²) in [6.45, 7) is 5.58. The van der Waals surface area contributed by atoms with Crippen molar-refractivity contribution >= 4 is 11.9 Å². The van der Waals surface area contributed by atoms with E-state index in [1.165, 1.54) is 96.3 Å². The fraction of sp³-hybridized carbons (Fsp3) is 0.710. The Balaban J connectivity index is 2.79. The molecule has 1 amide bonds. The third-order valence-electron chi connectivity index (χ3n) is 13.1. The number of esters is 1. The number of hydrogen-bond acceptors (Lipinski definition) is 10. The van der Waals surface area contributed by atoms with Crippen LogP contribution in [0.25, 0.3) is 0 Å². The molecule has 73 heavy (non-hydrogen) atoms. The normalized spacial score (nSPS) is 20.1. The number of aliphatic hydroxyl groups excluding tert-OH is 5. The second-order valence-corrected chi connectivity index (χ2v) is 19.8. The highest BCUT2D eigenvalue weighted by atomic mass is 16.7. The van der Waals surface area contributed by atoms with E-state index < -0.39 is 67.4 Å². The lowest BCUT2D eigenvalue weighted by Gasteiger charge is -2.41. The number of nitrogens with one attached hydrogen (secondary N) is 1. The monoisotopic (exact) mass is 1020 g/mol. The second-order valence-electron chi connectivity index (χ2n) is 19.8. The van der Waals surface area contributed by atoms with Crippen LogP contribution in [-0.2, 0) is 23.8 Å². The van der Waals surface area contributed by atoms with Gasteiger partial charge in [-0.1, -0.05) is 240 Å². The lowest BCUT2D eigenvalue weighted by atomic mass is 9.99. The van der Waals surface area contributed by atoms with Crippen LogP contribution in [-0.4, -0.2) is 99.6 Å². The summed E-state index contributed by atoms with van der Waals surface area (Å²) in [5.41, 5.74) is 0. The highest BCUT2D eigenvalue weighted by Crippen LogP contribution is 2.26. The molecule has 1 rings (SSSR count). The first-order chi connectivity index (χ1) is 35.7. The molecule has 6 N–H and O–H groups in total. The molecule has 0 aliphatic carbocycles. The van der Waals surface area contributed by atoms with Gasteiger partial charge >= 0.3 is 5.97 Å². The molecule has 0 radical (unpaired) electrons. The van der Waals surface area contributed by atoms with Crippen LogP contribution in [0.15, 0.2) is 97.2 Å². The van der Waals surface area contributed by atoms with E-state index in [1.807, 2.05) is 72.9 Å². The average molecular weight is 1020 g/mol. The number of carbonyl (C=O) groups is 2. The zero-order valence-electron chi connectivity index (χ0n) is 46.0. The van der Waals surface area contributed by atoms with Crippen molar-refractivity contribution in [2.45, 2.75) is 269 Å². The fourth-order valence-electron chi connectivity index (χ4n) is 8.50. The summed E-state index contributed by atoms with van der Waals surface area (Å²) in [6, 6.07) is -1.05. The average Bonchev–Trinajstić information content (AvgIpc) is 3.39. The van der Waals surface area contributed by atoms with Gasteiger partial charge in [-0.3, -0.25) is 9.59 Å². The van der Waals surface area contributed by atoms with Crippen LogP contribution in [0.2, 0.25) is 0 Å². The maximum Gasteiger partial charge on any atom is 0.306 e. The zero-order valence-corrected chi connectivity index (χ0v) is 46.0. The lowest BCUT2D eigenvalue weighted by molar-refractivity contribution is -0.305. The van der Waals surface area contributed by atoms with E-state index in [9.17, 15) is 35.1 Å². The van der Waals surface area contributed by atoms with Crippen LogP contribution >= 0.6 is 0 Å². The van der Waals surface area contributed by atoms with Gasteiger partial charge < -0.3 is 45.1 Å². The third kappa shape index (κ3) is 37.9. The van der Waals surface area contributed by atoms with Crippen molar-refractivity contribution in [2.75, 3.05) is 13.2 Å². The maximum atomic E-state index is 13.4. The smallest absolute Gasteiger partial charge is 0.306 e. The van der Waals surface area contributed by atoms with E-state index in [-0.39, 0.29) is 19.4 Å². The van der Waals surface area contributed by atoms with Crippen molar-refractivity contribution in [3.63, 3.8) is 0 Å². The highest BCUT2D eigenvalue weighted by molar-refractivity contribution is 5.80. The minimum absolute atomic E-state index is 0.108. The molecule has 8 atom stereocenters. The molecule has 0 saturated carbocycles. The summed E-state index contributed by atoms with van der Waals surface area (Å²) in [6.07, 6.45) is 54.4. The number of amides is 1. The molecule has 8 unspecified atom stereocenters. The van der Waals surface area contributed by atoms with Gasteiger partial charge in [0.1, 0.15) is 24.4 Å². The van der Waals surface area contributed by atoms with Crippen LogP contribution in [0.4, 0.5) is 0 Å². The van der Waals surface area contributed by atoms with Crippen molar-refractivity contribution in [1.82, 2.24) is 5.32 Å². The molecule has 1 heterocycles. The molecular weight excluding hydrogens is 919 g/mol. The Morgan fingerprint density at radius 2 is 1.00 bits per heavy atom. The van der Waals surface area contributed by atoms with E-state index in [0.29, 0.717) is 12.8 Å². The molecule has 11 heteroatoms. The van der Waals surface area contributed by atoms with Gasteiger partial charge in [-0.2, -0.15) is 0 Å². The Labute approximate surface area is 444 Å². The summed E-state index contributed by atoms with van der Waals surface area (Å²) >= 11 is 0. The fourth-order valence-corrected chi connectivity index (χ4v) is 8.50. The van der Waals surface area contributed by atoms with E-state index in [1.54, 1.807) is 6.08 Å². The number of allylic oxidation sites excluding steroid dienone is 15. The van der Waals surface area contributed by atoms with Crippen LogP contribution in [0, 0.1) is 0 Å². The van der Waals surface area contributed by atoms with Gasteiger partial charge in [0.05, 0.1) is 25.4 Å². The summed E-state index contributed by atoms with van der Waals surface area (Å²) in [7, 11) is 0. The van der Waals surface area contributed by atoms with Gasteiger partial charge in [0.15, 0.2) is 12.4 Å². The van der Waals surface area contributed by atoms with Gasteiger partial charge in [0, 0.05) is 6.42 Å². The Kier molecular flexibility index (Phi) is 45.8. The van der Waals surface area contributed by atoms with Crippen molar-refractivity contribution in [3.05, 3.63) is 97.2 Å². The predicted molar refractivity (Wildman–Crippen MR) is 301 cm³/mol. The largest absolute Gasteiger partial charge is 0.454 e. The lowest BCUT2D eigenvalue weighted by Crippen LogP contribution is -2.61. The van der Waals surface area contributed by atoms with Crippen molar-refractivity contribution in [3.8, 4) is 0 Å². The summed E-state index contributed by atoms with van der Waals surface area (Å²) in [4.78, 5) is 26.5. The summed E-state index contributed by atoms with van der Waals surface area (Å²) in [5.74, 6) is -1.25. The number of ether oxygens (including phenoxy) is 3. The van der Waals surface area contributed by atoms with Crippen molar-refractivity contribution < 1.29 is 49.3 Å². The van der Waals surface area contributed by atoms with Gasteiger partial charge in [-0.25, -0.2) is 0 Å². The third-order valence-corrected chi connectivity index (χ3v) is 13.1. The zero-order chi connectivity index (χ0) is 53.3. The van der Waals surface area contributed by atoms with E-state index >= 15 is 0 Å². The minimum Gasteiger partial charge on any atom is -0.454 e. The van der Waals surface area contributed by atoms with Crippen molar-refractivity contribution in [1.29, 1.82) is 0 Å². The molecule has 1 fully saturated rings. The second kappa shape index (κ2) is 49.5. The van der Waals surface area contributed by atoms with Gasteiger partial charge in [-0.15, -0.1) is 0 Å². The number of hydrogen-bond donors (Lipinski definition) is 6. The highest BCUT2D eigenvalue weighted by Gasteiger charge is 2.47.